The van der Waals surface area contributed by atoms with Crippen molar-refractivity contribution in [3.05, 3.63) is 30.3 Å². The summed E-state index contributed by atoms with van der Waals surface area (Å²) in [7, 11) is 0. The number of morpholine rings is 1. The van der Waals surface area contributed by atoms with Crippen LogP contribution in [0.3, 0.4) is 0 Å². The summed E-state index contributed by atoms with van der Waals surface area (Å²) in [6, 6.07) is 10.2. The van der Waals surface area contributed by atoms with E-state index in [1.165, 1.54) is 5.69 Å². The Labute approximate surface area is 166 Å². The summed E-state index contributed by atoms with van der Waals surface area (Å²) in [6.07, 6.45) is -0.499. The van der Waals surface area contributed by atoms with Gasteiger partial charge in [-0.2, -0.15) is 0 Å². The molecule has 0 aliphatic carbocycles. The maximum atomic E-state index is 12.3. The van der Waals surface area contributed by atoms with Gasteiger partial charge in [0.1, 0.15) is 6.10 Å². The van der Waals surface area contributed by atoms with Gasteiger partial charge in [0, 0.05) is 45.0 Å². The number of nitrogens with one attached hydrogen (secondary N) is 2. The lowest BCUT2D eigenvalue weighted by molar-refractivity contribution is -0.138. The molecule has 1 unspecified atom stereocenters. The Morgan fingerprint density at radius 2 is 1.81 bits per heavy atom. The quantitative estimate of drug-likeness (QED) is 0.753. The molecule has 2 saturated heterocycles. The van der Waals surface area contributed by atoms with E-state index in [0.717, 1.165) is 19.6 Å². The van der Waals surface area contributed by atoms with E-state index >= 15 is 0 Å². The largest absolute Gasteiger partial charge is 0.368 e. The Bertz CT molecular complexity index is 562. The van der Waals surface area contributed by atoms with Crippen molar-refractivity contribution >= 4 is 42.3 Å². The van der Waals surface area contributed by atoms with Crippen molar-refractivity contribution in [3.63, 3.8) is 0 Å². The van der Waals surface area contributed by atoms with Crippen LogP contribution >= 0.6 is 24.8 Å². The first-order valence-corrected chi connectivity index (χ1v) is 8.42. The molecule has 0 spiro atoms. The summed E-state index contributed by atoms with van der Waals surface area (Å²) in [6.45, 7) is 4.76. The number of carbonyl (C=O) groups excluding carboxylic acids is 2. The first-order valence-electron chi connectivity index (χ1n) is 8.42. The second kappa shape index (κ2) is 11.2. The average Bonchev–Trinajstić information content (AvgIpc) is 2.67. The van der Waals surface area contributed by atoms with Crippen molar-refractivity contribution in [1.29, 1.82) is 0 Å². The minimum atomic E-state index is -0.499. The van der Waals surface area contributed by atoms with Gasteiger partial charge < -0.3 is 25.2 Å². The number of anilines is 1. The highest BCUT2D eigenvalue weighted by molar-refractivity contribution is 5.87. The predicted molar refractivity (Wildman–Crippen MR) is 105 cm³/mol. The number of rotatable bonds is 4. The van der Waals surface area contributed by atoms with Gasteiger partial charge in [0.2, 0.25) is 5.91 Å². The van der Waals surface area contributed by atoms with Crippen molar-refractivity contribution in [2.75, 3.05) is 57.3 Å². The van der Waals surface area contributed by atoms with E-state index in [1.807, 2.05) is 18.2 Å². The monoisotopic (exact) mass is 404 g/mol. The van der Waals surface area contributed by atoms with Crippen LogP contribution in [-0.4, -0.2) is 75.2 Å². The van der Waals surface area contributed by atoms with Crippen LogP contribution in [0.2, 0.25) is 0 Å². The summed E-state index contributed by atoms with van der Waals surface area (Å²) in [5.41, 5.74) is 1.18. The van der Waals surface area contributed by atoms with E-state index in [4.69, 9.17) is 4.74 Å². The molecule has 9 heteroatoms. The number of carbonyl (C=O) groups is 2. The van der Waals surface area contributed by atoms with Crippen LogP contribution in [0.5, 0.6) is 0 Å². The molecule has 0 saturated carbocycles. The van der Waals surface area contributed by atoms with Gasteiger partial charge in [-0.25, -0.2) is 0 Å². The summed E-state index contributed by atoms with van der Waals surface area (Å²) in [4.78, 5) is 28.3. The molecule has 1 aromatic carbocycles. The molecule has 2 aliphatic rings. The van der Waals surface area contributed by atoms with Crippen LogP contribution in [0, 0.1) is 0 Å². The van der Waals surface area contributed by atoms with E-state index in [9.17, 15) is 9.59 Å². The van der Waals surface area contributed by atoms with Gasteiger partial charge in [0.05, 0.1) is 13.2 Å². The molecule has 2 N–H and O–H groups in total. The number of hydrogen-bond acceptors (Lipinski definition) is 5. The molecule has 1 aromatic rings. The summed E-state index contributed by atoms with van der Waals surface area (Å²) < 4.78 is 5.37. The number of benzene rings is 1. The molecule has 2 heterocycles. The number of nitrogens with zero attached hydrogens (tertiary/aromatic N) is 2. The van der Waals surface area contributed by atoms with Crippen LogP contribution in [0.4, 0.5) is 5.69 Å². The van der Waals surface area contributed by atoms with Crippen LogP contribution < -0.4 is 15.5 Å². The average molecular weight is 405 g/mol. The summed E-state index contributed by atoms with van der Waals surface area (Å²) in [5, 5.41) is 5.78. The first-order chi connectivity index (χ1) is 11.7. The number of piperazine rings is 1. The van der Waals surface area contributed by atoms with Crippen LogP contribution in [0.15, 0.2) is 30.3 Å². The van der Waals surface area contributed by atoms with Crippen LogP contribution in [-0.2, 0) is 14.3 Å². The van der Waals surface area contributed by atoms with Gasteiger partial charge in [-0.1, -0.05) is 18.2 Å². The van der Waals surface area contributed by atoms with Crippen molar-refractivity contribution < 1.29 is 14.3 Å². The van der Waals surface area contributed by atoms with Crippen molar-refractivity contribution in [2.24, 2.45) is 0 Å². The Kier molecular flexibility index (Phi) is 9.72. The van der Waals surface area contributed by atoms with Gasteiger partial charge in [-0.05, 0) is 12.1 Å². The molecule has 26 heavy (non-hydrogen) atoms. The lowest BCUT2D eigenvalue weighted by Crippen LogP contribution is -2.53. The molecule has 3 rings (SSSR count). The fourth-order valence-electron chi connectivity index (χ4n) is 2.98. The number of hydrogen-bond donors (Lipinski definition) is 2. The third kappa shape index (κ3) is 6.02. The SMILES string of the molecule is Cl.Cl.O=C(NCC(=O)N1CCN(c2ccccc2)CC1)C1CNCCO1. The summed E-state index contributed by atoms with van der Waals surface area (Å²) >= 11 is 0. The zero-order chi connectivity index (χ0) is 16.8. The fourth-order valence-corrected chi connectivity index (χ4v) is 2.98. The van der Waals surface area contributed by atoms with Gasteiger partial charge in [0.15, 0.2) is 0 Å². The second-order valence-electron chi connectivity index (χ2n) is 5.98. The number of halogens is 2. The lowest BCUT2D eigenvalue weighted by Gasteiger charge is -2.36. The standard InChI is InChI=1S/C17H24N4O3.2ClH/c22-16(13-19-17(23)15-12-18-6-11-24-15)21-9-7-20(8-10-21)14-4-2-1-3-5-14;;/h1-5,15,18H,6-13H2,(H,19,23);2*1H. The highest BCUT2D eigenvalue weighted by Gasteiger charge is 2.24. The van der Waals surface area contributed by atoms with Crippen molar-refractivity contribution in [2.45, 2.75) is 6.10 Å². The van der Waals surface area contributed by atoms with Crippen LogP contribution in [0.1, 0.15) is 0 Å². The second-order valence-corrected chi connectivity index (χ2v) is 5.98. The van der Waals surface area contributed by atoms with E-state index in [1.54, 1.807) is 4.90 Å². The van der Waals surface area contributed by atoms with Gasteiger partial charge in [-0.15, -0.1) is 24.8 Å². The number of ether oxygens (including phenoxy) is 1. The fraction of sp³-hybridized carbons (Fsp3) is 0.529. The molecular weight excluding hydrogens is 379 g/mol. The topological polar surface area (TPSA) is 73.9 Å². The minimum Gasteiger partial charge on any atom is -0.368 e. The molecular formula is C17H26Cl2N4O3. The maximum absolute atomic E-state index is 12.3. The number of amides is 2. The Morgan fingerprint density at radius 3 is 2.42 bits per heavy atom. The molecule has 2 aliphatic heterocycles. The van der Waals surface area contributed by atoms with Crippen LogP contribution in [0.25, 0.3) is 0 Å². The van der Waals surface area contributed by atoms with E-state index < -0.39 is 6.10 Å². The Hall–Kier alpha value is -1.54. The predicted octanol–water partition coefficient (Wildman–Crippen LogP) is 0.283. The third-order valence-corrected chi connectivity index (χ3v) is 4.39. The van der Waals surface area contributed by atoms with Crippen molar-refractivity contribution in [1.82, 2.24) is 15.5 Å². The van der Waals surface area contributed by atoms with Gasteiger partial charge in [-0.3, -0.25) is 9.59 Å². The minimum absolute atomic E-state index is 0. The highest BCUT2D eigenvalue weighted by atomic mass is 35.5. The number of para-hydroxylation sites is 1. The molecule has 2 amide bonds. The molecule has 0 radical (unpaired) electrons. The molecule has 0 bridgehead atoms. The molecule has 0 aromatic heterocycles. The Balaban J connectivity index is 0.00000169. The molecule has 2 fully saturated rings. The van der Waals surface area contributed by atoms with E-state index in [-0.39, 0.29) is 43.2 Å². The summed E-state index contributed by atoms with van der Waals surface area (Å²) in [5.74, 6) is -0.265. The molecule has 1 atom stereocenters. The molecule has 146 valence electrons. The Morgan fingerprint density at radius 1 is 1.12 bits per heavy atom. The molecule has 7 nitrogen and oxygen atoms in total. The third-order valence-electron chi connectivity index (χ3n) is 4.39. The van der Waals surface area contributed by atoms with Gasteiger partial charge >= 0.3 is 0 Å². The first kappa shape index (κ1) is 22.5. The van der Waals surface area contributed by atoms with Crippen molar-refractivity contribution in [3.8, 4) is 0 Å². The maximum Gasteiger partial charge on any atom is 0.250 e. The normalized spacial score (nSPS) is 19.8. The highest BCUT2D eigenvalue weighted by Crippen LogP contribution is 2.15. The van der Waals surface area contributed by atoms with Gasteiger partial charge in [0.25, 0.3) is 5.91 Å². The smallest absolute Gasteiger partial charge is 0.250 e. The van der Waals surface area contributed by atoms with E-state index in [0.29, 0.717) is 26.2 Å². The van der Waals surface area contributed by atoms with E-state index in [2.05, 4.69) is 27.7 Å². The zero-order valence-electron chi connectivity index (χ0n) is 14.6. The zero-order valence-corrected chi connectivity index (χ0v) is 16.2. The lowest BCUT2D eigenvalue weighted by atomic mass is 10.2.